The van der Waals surface area contributed by atoms with Gasteiger partial charge in [-0.05, 0) is 32.4 Å². The van der Waals surface area contributed by atoms with Crippen LogP contribution in [0.15, 0.2) is 34.2 Å². The third-order valence-electron chi connectivity index (χ3n) is 3.04. The lowest BCUT2D eigenvalue weighted by molar-refractivity contribution is -0.115. The van der Waals surface area contributed by atoms with Gasteiger partial charge in [-0.15, -0.1) is 0 Å². The first-order valence-electron chi connectivity index (χ1n) is 6.77. The van der Waals surface area contributed by atoms with Crippen LogP contribution in [0.5, 0.6) is 0 Å². The van der Waals surface area contributed by atoms with E-state index in [1.54, 1.807) is 6.92 Å². The van der Waals surface area contributed by atoms with Gasteiger partial charge in [0.2, 0.25) is 5.91 Å². The van der Waals surface area contributed by atoms with Crippen LogP contribution in [0.2, 0.25) is 0 Å². The number of amides is 1. The Balaban J connectivity index is 2.07. The molecule has 6 nitrogen and oxygen atoms in total. The number of nitrogen functional groups attached to an aromatic ring is 1. The molecule has 1 amide bonds. The standard InChI is InChI=1S/C15H18N4O2S/c1-8-4-5-11(9(2)6-8)17-14(21)10(3)22-15-18-12(16)7-13(20)19-15/h4-7,10H,1-3H3,(H,17,21)(H3,16,18,19,20)/t10-/m1/s1. The number of nitrogens with two attached hydrogens (primary N) is 1. The number of nitrogens with one attached hydrogen (secondary N) is 2. The molecule has 1 aromatic heterocycles. The second-order valence-corrected chi connectivity index (χ2v) is 6.37. The Hall–Kier alpha value is -2.28. The SMILES string of the molecule is Cc1ccc(NC(=O)[C@@H](C)Sc2nc(N)cc(=O)[nH]2)c(C)c1. The summed E-state index contributed by atoms with van der Waals surface area (Å²) >= 11 is 1.15. The number of aromatic amines is 1. The highest BCUT2D eigenvalue weighted by atomic mass is 32.2. The van der Waals surface area contributed by atoms with E-state index in [4.69, 9.17) is 5.73 Å². The van der Waals surface area contributed by atoms with E-state index in [0.29, 0.717) is 5.16 Å². The number of hydrogen-bond acceptors (Lipinski definition) is 5. The Morgan fingerprint density at radius 1 is 1.36 bits per heavy atom. The van der Waals surface area contributed by atoms with Crippen molar-refractivity contribution in [3.63, 3.8) is 0 Å². The molecule has 0 bridgehead atoms. The lowest BCUT2D eigenvalue weighted by atomic mass is 10.1. The predicted molar refractivity (Wildman–Crippen MR) is 89.1 cm³/mol. The lowest BCUT2D eigenvalue weighted by Crippen LogP contribution is -2.23. The monoisotopic (exact) mass is 318 g/mol. The van der Waals surface area contributed by atoms with Gasteiger partial charge in [-0.2, -0.15) is 0 Å². The number of aryl methyl sites for hydroxylation is 2. The van der Waals surface area contributed by atoms with Crippen molar-refractivity contribution in [1.82, 2.24) is 9.97 Å². The molecule has 0 aliphatic carbocycles. The normalized spacial score (nSPS) is 12.0. The Bertz CT molecular complexity index is 757. The fourth-order valence-corrected chi connectivity index (χ4v) is 2.74. The number of aromatic nitrogens is 2. The molecule has 2 aromatic rings. The number of carbonyl (C=O) groups excluding carboxylic acids is 1. The second-order valence-electron chi connectivity index (χ2n) is 5.04. The summed E-state index contributed by atoms with van der Waals surface area (Å²) in [5.41, 5.74) is 8.10. The summed E-state index contributed by atoms with van der Waals surface area (Å²) in [6.45, 7) is 5.68. The minimum atomic E-state index is -0.425. The van der Waals surface area contributed by atoms with Crippen LogP contribution in [0.4, 0.5) is 11.5 Å². The van der Waals surface area contributed by atoms with E-state index < -0.39 is 5.25 Å². The van der Waals surface area contributed by atoms with Gasteiger partial charge in [-0.3, -0.25) is 9.59 Å². The molecule has 1 atom stereocenters. The largest absolute Gasteiger partial charge is 0.383 e. The molecule has 4 N–H and O–H groups in total. The zero-order chi connectivity index (χ0) is 16.3. The van der Waals surface area contributed by atoms with E-state index in [2.05, 4.69) is 15.3 Å². The molecule has 2 rings (SSSR count). The van der Waals surface area contributed by atoms with Gasteiger partial charge in [0.05, 0.1) is 5.25 Å². The molecule has 0 radical (unpaired) electrons. The van der Waals surface area contributed by atoms with E-state index >= 15 is 0 Å². The van der Waals surface area contributed by atoms with E-state index in [-0.39, 0.29) is 17.3 Å². The highest BCUT2D eigenvalue weighted by Gasteiger charge is 2.17. The molecular weight excluding hydrogens is 300 g/mol. The van der Waals surface area contributed by atoms with Crippen molar-refractivity contribution < 1.29 is 4.79 Å². The van der Waals surface area contributed by atoms with Gasteiger partial charge in [-0.25, -0.2) is 4.98 Å². The predicted octanol–water partition coefficient (Wildman–Crippen LogP) is 2.09. The Kier molecular flexibility index (Phi) is 4.87. The topological polar surface area (TPSA) is 101 Å². The highest BCUT2D eigenvalue weighted by molar-refractivity contribution is 8.00. The zero-order valence-electron chi connectivity index (χ0n) is 12.6. The Labute approximate surface area is 132 Å². The number of benzene rings is 1. The molecular formula is C15H18N4O2S. The first kappa shape index (κ1) is 16.1. The average molecular weight is 318 g/mol. The maximum Gasteiger partial charge on any atom is 0.253 e. The summed E-state index contributed by atoms with van der Waals surface area (Å²) in [6.07, 6.45) is 0. The number of anilines is 2. The van der Waals surface area contributed by atoms with Crippen LogP contribution in [0.25, 0.3) is 0 Å². The van der Waals surface area contributed by atoms with Crippen molar-refractivity contribution in [2.75, 3.05) is 11.1 Å². The summed E-state index contributed by atoms with van der Waals surface area (Å²) < 4.78 is 0. The molecule has 116 valence electrons. The fraction of sp³-hybridized carbons (Fsp3) is 0.267. The minimum absolute atomic E-state index is 0.133. The van der Waals surface area contributed by atoms with Crippen molar-refractivity contribution in [1.29, 1.82) is 0 Å². The van der Waals surface area contributed by atoms with Crippen LogP contribution < -0.4 is 16.6 Å². The van der Waals surface area contributed by atoms with Crippen molar-refractivity contribution in [3.8, 4) is 0 Å². The third-order valence-corrected chi connectivity index (χ3v) is 4.02. The molecule has 7 heteroatoms. The molecule has 0 aliphatic heterocycles. The molecule has 0 fully saturated rings. The summed E-state index contributed by atoms with van der Waals surface area (Å²) in [7, 11) is 0. The van der Waals surface area contributed by atoms with Gasteiger partial charge in [0, 0.05) is 11.8 Å². The second kappa shape index (κ2) is 6.65. The summed E-state index contributed by atoms with van der Waals surface area (Å²) in [4.78, 5) is 30.1. The van der Waals surface area contributed by atoms with Crippen LogP contribution in [0.1, 0.15) is 18.1 Å². The number of thioether (sulfide) groups is 1. The minimum Gasteiger partial charge on any atom is -0.383 e. The first-order valence-corrected chi connectivity index (χ1v) is 7.65. The fourth-order valence-electron chi connectivity index (χ4n) is 1.92. The van der Waals surface area contributed by atoms with Crippen LogP contribution in [0.3, 0.4) is 0 Å². The van der Waals surface area contributed by atoms with Gasteiger partial charge in [-0.1, -0.05) is 29.5 Å². The summed E-state index contributed by atoms with van der Waals surface area (Å²) in [5.74, 6) is -0.0322. The van der Waals surface area contributed by atoms with Gasteiger partial charge in [0.15, 0.2) is 5.16 Å². The van der Waals surface area contributed by atoms with Crippen molar-refractivity contribution in [2.24, 2.45) is 0 Å². The smallest absolute Gasteiger partial charge is 0.253 e. The van der Waals surface area contributed by atoms with E-state index in [9.17, 15) is 9.59 Å². The molecule has 0 saturated carbocycles. The molecule has 1 heterocycles. The van der Waals surface area contributed by atoms with Crippen molar-refractivity contribution in [3.05, 3.63) is 45.7 Å². The summed E-state index contributed by atoms with van der Waals surface area (Å²) in [6, 6.07) is 7.02. The quantitative estimate of drug-likeness (QED) is 0.592. The van der Waals surface area contributed by atoms with Crippen LogP contribution in [-0.2, 0) is 4.79 Å². The highest BCUT2D eigenvalue weighted by Crippen LogP contribution is 2.22. The van der Waals surface area contributed by atoms with E-state index in [0.717, 1.165) is 28.6 Å². The molecule has 22 heavy (non-hydrogen) atoms. The average Bonchev–Trinajstić information content (AvgIpc) is 2.40. The molecule has 0 unspecified atom stereocenters. The van der Waals surface area contributed by atoms with Crippen molar-refractivity contribution >= 4 is 29.2 Å². The maximum absolute atomic E-state index is 12.2. The van der Waals surface area contributed by atoms with Gasteiger partial charge >= 0.3 is 0 Å². The Morgan fingerprint density at radius 3 is 2.73 bits per heavy atom. The van der Waals surface area contributed by atoms with Gasteiger partial charge < -0.3 is 16.0 Å². The number of carbonyl (C=O) groups is 1. The zero-order valence-corrected chi connectivity index (χ0v) is 13.5. The van der Waals surface area contributed by atoms with Gasteiger partial charge in [0.1, 0.15) is 5.82 Å². The molecule has 1 aromatic carbocycles. The number of rotatable bonds is 4. The first-order chi connectivity index (χ1) is 10.3. The number of nitrogens with zero attached hydrogens (tertiary/aromatic N) is 1. The maximum atomic E-state index is 12.2. The van der Waals surface area contributed by atoms with Gasteiger partial charge in [0.25, 0.3) is 5.56 Å². The summed E-state index contributed by atoms with van der Waals surface area (Å²) in [5, 5.41) is 2.78. The third kappa shape index (κ3) is 4.11. The number of H-pyrrole nitrogens is 1. The molecule has 0 spiro atoms. The number of hydrogen-bond donors (Lipinski definition) is 3. The van der Waals surface area contributed by atoms with Crippen LogP contribution in [0, 0.1) is 13.8 Å². The van der Waals surface area contributed by atoms with Crippen molar-refractivity contribution in [2.45, 2.75) is 31.2 Å². The lowest BCUT2D eigenvalue weighted by Gasteiger charge is -2.13. The molecule has 0 saturated heterocycles. The molecule has 0 aliphatic rings. The van der Waals surface area contributed by atoms with Crippen LogP contribution in [-0.4, -0.2) is 21.1 Å². The Morgan fingerprint density at radius 2 is 2.09 bits per heavy atom. The van der Waals surface area contributed by atoms with E-state index in [1.165, 1.54) is 6.07 Å². The van der Waals surface area contributed by atoms with Crippen LogP contribution >= 0.6 is 11.8 Å². The van der Waals surface area contributed by atoms with E-state index in [1.807, 2.05) is 32.0 Å².